The maximum Gasteiger partial charge on any atom is 0.320 e. The molecule has 2 aromatic heterocycles. The highest BCUT2D eigenvalue weighted by Crippen LogP contribution is 2.57. The molecule has 2 spiro atoms. The molecule has 8 rings (SSSR count). The Balaban J connectivity index is 0.796. The summed E-state index contributed by atoms with van der Waals surface area (Å²) in [4.78, 5) is 21.9. The van der Waals surface area contributed by atoms with Crippen molar-refractivity contribution in [1.82, 2.24) is 34.8 Å². The number of urea groups is 1. The van der Waals surface area contributed by atoms with E-state index < -0.39 is 0 Å². The fraction of sp³-hybridized carbons (Fsp3) is 0.769. The van der Waals surface area contributed by atoms with Crippen molar-refractivity contribution < 1.29 is 4.79 Å². The van der Waals surface area contributed by atoms with Crippen molar-refractivity contribution in [2.24, 2.45) is 16.7 Å². The van der Waals surface area contributed by atoms with Crippen LogP contribution in [-0.4, -0.2) is 67.0 Å². The highest BCUT2D eigenvalue weighted by Gasteiger charge is 2.59. The van der Waals surface area contributed by atoms with Crippen LogP contribution in [0.3, 0.4) is 0 Å². The monoisotopic (exact) mass is 461 g/mol. The van der Waals surface area contributed by atoms with Crippen molar-refractivity contribution in [3.05, 3.63) is 29.1 Å². The topological polar surface area (TPSA) is 82.9 Å². The molecule has 2 saturated heterocycles. The van der Waals surface area contributed by atoms with E-state index in [1.165, 1.54) is 44.2 Å². The number of carbonyl (C=O) groups excluding carboxylic acids is 1. The molecule has 6 aliphatic rings. The summed E-state index contributed by atoms with van der Waals surface area (Å²) >= 11 is 0. The quantitative estimate of drug-likeness (QED) is 0.735. The Bertz CT molecular complexity index is 1130. The van der Waals surface area contributed by atoms with Gasteiger partial charge in [-0.3, -0.25) is 9.78 Å². The predicted octanol–water partition coefficient (Wildman–Crippen LogP) is 3.78. The number of hydrogen-bond acceptors (Lipinski definition) is 4. The Morgan fingerprint density at radius 1 is 0.971 bits per heavy atom. The van der Waals surface area contributed by atoms with Gasteiger partial charge in [0.1, 0.15) is 5.82 Å². The van der Waals surface area contributed by atoms with E-state index >= 15 is 0 Å². The Morgan fingerprint density at radius 2 is 1.62 bits per heavy atom. The van der Waals surface area contributed by atoms with E-state index in [-0.39, 0.29) is 6.03 Å². The molecule has 0 atom stereocenters. The molecular formula is C26H35N7O. The van der Waals surface area contributed by atoms with Gasteiger partial charge in [-0.2, -0.15) is 10.2 Å². The van der Waals surface area contributed by atoms with Crippen molar-refractivity contribution in [2.75, 3.05) is 26.2 Å². The molecule has 2 amide bonds. The van der Waals surface area contributed by atoms with Crippen LogP contribution >= 0.6 is 0 Å². The summed E-state index contributed by atoms with van der Waals surface area (Å²) in [6, 6.07) is 2.56. The highest BCUT2D eigenvalue weighted by molar-refractivity contribution is 5.77. The number of carbonyl (C=O) groups is 1. The van der Waals surface area contributed by atoms with Gasteiger partial charge in [0.25, 0.3) is 0 Å². The molecule has 0 radical (unpaired) electrons. The molecule has 4 heterocycles. The van der Waals surface area contributed by atoms with E-state index in [9.17, 15) is 4.79 Å². The van der Waals surface area contributed by atoms with Gasteiger partial charge >= 0.3 is 6.03 Å². The molecule has 4 saturated carbocycles. The summed E-state index contributed by atoms with van der Waals surface area (Å²) in [7, 11) is 0. The average molecular weight is 462 g/mol. The Morgan fingerprint density at radius 3 is 2.26 bits per heavy atom. The Kier molecular flexibility index (Phi) is 3.88. The van der Waals surface area contributed by atoms with Crippen LogP contribution in [0.5, 0.6) is 0 Å². The number of aromatic nitrogens is 5. The second-order valence-corrected chi connectivity index (χ2v) is 12.9. The third kappa shape index (κ3) is 3.09. The molecule has 180 valence electrons. The van der Waals surface area contributed by atoms with Crippen molar-refractivity contribution in [3.8, 4) is 0 Å². The van der Waals surface area contributed by atoms with E-state index in [1.807, 2.05) is 0 Å². The van der Waals surface area contributed by atoms with Gasteiger partial charge in [0.05, 0.1) is 5.69 Å². The van der Waals surface area contributed by atoms with Crippen LogP contribution in [0.25, 0.3) is 0 Å². The molecule has 0 bridgehead atoms. The highest BCUT2D eigenvalue weighted by atomic mass is 16.2. The lowest BCUT2D eigenvalue weighted by Gasteiger charge is -2.63. The minimum Gasteiger partial charge on any atom is -0.323 e. The number of likely N-dealkylation sites (tertiary alicyclic amines) is 2. The second kappa shape index (κ2) is 6.64. The largest absolute Gasteiger partial charge is 0.323 e. The summed E-state index contributed by atoms with van der Waals surface area (Å²) in [6.07, 6.45) is 9.96. The molecule has 4 aliphatic carbocycles. The minimum atomic E-state index is 0.274. The van der Waals surface area contributed by atoms with Crippen molar-refractivity contribution >= 4 is 6.03 Å². The molecular weight excluding hydrogens is 426 g/mol. The normalized spacial score (nSPS) is 27.4. The molecule has 1 N–H and O–H groups in total. The van der Waals surface area contributed by atoms with Crippen LogP contribution in [0.1, 0.15) is 92.2 Å². The van der Waals surface area contributed by atoms with Crippen LogP contribution in [0, 0.1) is 23.7 Å². The zero-order valence-corrected chi connectivity index (χ0v) is 20.2. The lowest BCUT2D eigenvalue weighted by Crippen LogP contribution is -2.71. The molecule has 6 fully saturated rings. The van der Waals surface area contributed by atoms with E-state index in [0.29, 0.717) is 22.7 Å². The number of nitrogens with zero attached hydrogens (tertiary/aromatic N) is 6. The fourth-order valence-corrected chi connectivity index (χ4v) is 7.65. The van der Waals surface area contributed by atoms with Gasteiger partial charge in [-0.25, -0.2) is 9.78 Å². The first-order valence-corrected chi connectivity index (χ1v) is 13.5. The van der Waals surface area contributed by atoms with Gasteiger partial charge in [0.15, 0.2) is 5.82 Å². The number of hydrogen-bond donors (Lipinski definition) is 1. The van der Waals surface area contributed by atoms with Crippen LogP contribution in [0.4, 0.5) is 4.79 Å². The molecule has 2 aliphatic heterocycles. The van der Waals surface area contributed by atoms with Crippen LogP contribution in [0.15, 0.2) is 6.07 Å². The predicted molar refractivity (Wildman–Crippen MR) is 125 cm³/mol. The maximum absolute atomic E-state index is 13.0. The standard InChI is InChI=1S/C26H35N7O/c1-16-6-21(18-2-3-18)33(30-16)11-17-7-25(8-17)12-31(13-25)24(34)32-14-26(15-32)9-20(10-26)23-27-22(28-29-23)19-4-5-19/h6,17-20H,2-5,7-15H2,1H3,(H,27,28,29). The van der Waals surface area contributed by atoms with Gasteiger partial charge in [-0.1, -0.05) is 0 Å². The molecule has 0 aromatic carbocycles. The zero-order valence-electron chi connectivity index (χ0n) is 20.2. The van der Waals surface area contributed by atoms with Gasteiger partial charge in [0.2, 0.25) is 0 Å². The van der Waals surface area contributed by atoms with Crippen LogP contribution < -0.4 is 0 Å². The van der Waals surface area contributed by atoms with Crippen molar-refractivity contribution in [1.29, 1.82) is 0 Å². The minimum absolute atomic E-state index is 0.274. The third-order valence-electron chi connectivity index (χ3n) is 9.66. The van der Waals surface area contributed by atoms with Crippen LogP contribution in [-0.2, 0) is 6.54 Å². The number of rotatable bonds is 5. The van der Waals surface area contributed by atoms with E-state index in [0.717, 1.165) is 74.7 Å². The molecule has 0 unspecified atom stereocenters. The summed E-state index contributed by atoms with van der Waals surface area (Å²) in [5.41, 5.74) is 3.36. The molecule has 2 aromatic rings. The lowest BCUT2D eigenvalue weighted by molar-refractivity contribution is -0.103. The van der Waals surface area contributed by atoms with E-state index in [2.05, 4.69) is 37.7 Å². The van der Waals surface area contributed by atoms with Gasteiger partial charge < -0.3 is 9.80 Å². The van der Waals surface area contributed by atoms with E-state index in [4.69, 9.17) is 10.1 Å². The number of aryl methyl sites for hydroxylation is 1. The summed E-state index contributed by atoms with van der Waals surface area (Å²) in [5, 5.41) is 12.4. The van der Waals surface area contributed by atoms with Crippen LogP contribution in [0.2, 0.25) is 0 Å². The molecule has 8 heteroatoms. The third-order valence-corrected chi connectivity index (χ3v) is 9.66. The maximum atomic E-state index is 13.0. The molecule has 8 nitrogen and oxygen atoms in total. The molecule has 34 heavy (non-hydrogen) atoms. The summed E-state index contributed by atoms with van der Waals surface area (Å²) in [6.45, 7) is 6.96. The fourth-order valence-electron chi connectivity index (χ4n) is 7.65. The van der Waals surface area contributed by atoms with E-state index in [1.54, 1.807) is 0 Å². The average Bonchev–Trinajstić information content (AvgIpc) is 3.63. The first-order valence-electron chi connectivity index (χ1n) is 13.5. The first kappa shape index (κ1) is 19.9. The smallest absolute Gasteiger partial charge is 0.320 e. The van der Waals surface area contributed by atoms with Gasteiger partial charge in [-0.15, -0.1) is 0 Å². The van der Waals surface area contributed by atoms with Crippen molar-refractivity contribution in [3.63, 3.8) is 0 Å². The number of aromatic amines is 1. The number of amides is 2. The SMILES string of the molecule is Cc1cc(C2CC2)n(CC2CC3(C2)CN(C(=O)N2CC4(CC(c5n[nH]c(C6CC6)n5)C4)C2)C3)n1. The number of H-pyrrole nitrogens is 1. The second-order valence-electron chi connectivity index (χ2n) is 12.9. The number of nitrogens with one attached hydrogen (secondary N) is 1. The van der Waals surface area contributed by atoms with Gasteiger partial charge in [-0.05, 0) is 70.3 Å². The van der Waals surface area contributed by atoms with Crippen molar-refractivity contribution in [2.45, 2.75) is 82.6 Å². The summed E-state index contributed by atoms with van der Waals surface area (Å²) in [5.74, 6) is 4.70. The lowest BCUT2D eigenvalue weighted by atomic mass is 9.57. The Hall–Kier alpha value is -2.38. The first-order chi connectivity index (χ1) is 16.5. The van der Waals surface area contributed by atoms with Gasteiger partial charge in [0, 0.05) is 67.0 Å². The Labute approximate surface area is 200 Å². The summed E-state index contributed by atoms with van der Waals surface area (Å²) < 4.78 is 2.29. The zero-order chi connectivity index (χ0) is 22.7.